The average Bonchev–Trinajstić information content (AvgIpc) is 2.75. The van der Waals surface area contributed by atoms with Gasteiger partial charge >= 0.3 is 0 Å². The molecule has 1 aromatic heterocycles. The highest BCUT2D eigenvalue weighted by Crippen LogP contribution is 2.48. The Labute approximate surface area is 171 Å². The first kappa shape index (κ1) is 17.9. The molecule has 1 N–H and O–H groups in total. The number of amides is 1. The molecule has 0 saturated carbocycles. The van der Waals surface area contributed by atoms with Crippen molar-refractivity contribution >= 4 is 17.4 Å². The summed E-state index contributed by atoms with van der Waals surface area (Å²) in [5, 5.41) is 2.94. The van der Waals surface area contributed by atoms with Crippen LogP contribution in [0, 0.1) is 0 Å². The van der Waals surface area contributed by atoms with Crippen molar-refractivity contribution in [2.75, 3.05) is 23.3 Å². The molecule has 0 spiro atoms. The average molecular weight is 383 g/mol. The number of nitrogens with zero attached hydrogens (tertiary/aromatic N) is 2. The molecule has 3 aromatic rings. The highest BCUT2D eigenvalue weighted by molar-refractivity contribution is 5.88. The van der Waals surface area contributed by atoms with E-state index in [1.54, 1.807) is 6.92 Å². The fourth-order valence-electron chi connectivity index (χ4n) is 4.92. The number of benzene rings is 2. The zero-order chi connectivity index (χ0) is 19.8. The van der Waals surface area contributed by atoms with Gasteiger partial charge in [-0.25, -0.2) is 4.98 Å². The normalized spacial score (nSPS) is 20.1. The number of nitrogens with one attached hydrogen (secondary N) is 1. The summed E-state index contributed by atoms with van der Waals surface area (Å²) in [5.41, 5.74) is 6.29. The van der Waals surface area contributed by atoms with Gasteiger partial charge in [-0.3, -0.25) is 4.79 Å². The van der Waals surface area contributed by atoms with Crippen molar-refractivity contribution in [3.63, 3.8) is 0 Å². The molecule has 0 unspecified atom stereocenters. The first-order valence-electron chi connectivity index (χ1n) is 10.4. The highest BCUT2D eigenvalue weighted by Gasteiger charge is 2.36. The van der Waals surface area contributed by atoms with E-state index >= 15 is 0 Å². The van der Waals surface area contributed by atoms with E-state index < -0.39 is 0 Å². The van der Waals surface area contributed by atoms with Gasteiger partial charge in [-0.1, -0.05) is 60.7 Å². The molecular weight excluding hydrogens is 358 g/mol. The Morgan fingerprint density at radius 3 is 2.14 bits per heavy atom. The summed E-state index contributed by atoms with van der Waals surface area (Å²) in [4.78, 5) is 19.3. The van der Waals surface area contributed by atoms with Crippen molar-refractivity contribution in [1.29, 1.82) is 0 Å². The zero-order valence-electron chi connectivity index (χ0n) is 16.6. The van der Waals surface area contributed by atoms with Gasteiger partial charge in [0.2, 0.25) is 5.91 Å². The van der Waals surface area contributed by atoms with E-state index in [9.17, 15) is 4.79 Å². The van der Waals surface area contributed by atoms with Crippen molar-refractivity contribution in [1.82, 2.24) is 4.98 Å². The van der Waals surface area contributed by atoms with Gasteiger partial charge in [-0.2, -0.15) is 0 Å². The standard InChI is InChI=1S/C25H25N3O/c1-17(29)26-23-16-22-20(18-8-4-2-5-9-18)12-14-28-15-13-21(24(27-23)25(22)28)19-10-6-3-7-11-19/h2-11,16,20-21H,12-15H2,1H3,(H,26,27,29)/t20-,21-/m1/s1. The van der Waals surface area contributed by atoms with Gasteiger partial charge in [-0.15, -0.1) is 0 Å². The minimum Gasteiger partial charge on any atom is -0.370 e. The molecule has 146 valence electrons. The van der Waals surface area contributed by atoms with Crippen LogP contribution in [0.15, 0.2) is 66.7 Å². The first-order valence-corrected chi connectivity index (χ1v) is 10.4. The van der Waals surface area contributed by atoms with Crippen LogP contribution < -0.4 is 10.2 Å². The van der Waals surface area contributed by atoms with Crippen LogP contribution >= 0.6 is 0 Å². The minimum absolute atomic E-state index is 0.0827. The lowest BCUT2D eigenvalue weighted by Gasteiger charge is -2.42. The summed E-state index contributed by atoms with van der Waals surface area (Å²) in [7, 11) is 0. The van der Waals surface area contributed by atoms with Gasteiger partial charge in [-0.05, 0) is 35.6 Å². The van der Waals surface area contributed by atoms with Crippen LogP contribution in [-0.4, -0.2) is 24.0 Å². The Morgan fingerprint density at radius 1 is 0.931 bits per heavy atom. The zero-order valence-corrected chi connectivity index (χ0v) is 16.6. The van der Waals surface area contributed by atoms with E-state index in [1.807, 2.05) is 0 Å². The number of carbonyl (C=O) groups is 1. The summed E-state index contributed by atoms with van der Waals surface area (Å²) >= 11 is 0. The number of rotatable bonds is 3. The second-order valence-electron chi connectivity index (χ2n) is 8.00. The first-order chi connectivity index (χ1) is 14.2. The largest absolute Gasteiger partial charge is 0.370 e. The van der Waals surface area contributed by atoms with Crippen LogP contribution in [0.5, 0.6) is 0 Å². The summed E-state index contributed by atoms with van der Waals surface area (Å²) in [6.45, 7) is 3.63. The van der Waals surface area contributed by atoms with Crippen molar-refractivity contribution in [3.8, 4) is 0 Å². The third-order valence-electron chi connectivity index (χ3n) is 6.15. The molecule has 29 heavy (non-hydrogen) atoms. The Bertz CT molecular complexity index is 960. The second kappa shape index (κ2) is 7.36. The molecule has 1 amide bonds. The minimum atomic E-state index is -0.0827. The van der Waals surface area contributed by atoms with Crippen LogP contribution in [0.3, 0.4) is 0 Å². The van der Waals surface area contributed by atoms with Gasteiger partial charge in [0, 0.05) is 31.8 Å². The summed E-state index contributed by atoms with van der Waals surface area (Å²) in [6.07, 6.45) is 2.12. The van der Waals surface area contributed by atoms with E-state index in [0.29, 0.717) is 11.7 Å². The molecule has 4 nitrogen and oxygen atoms in total. The van der Waals surface area contributed by atoms with Gasteiger partial charge < -0.3 is 10.2 Å². The van der Waals surface area contributed by atoms with Crippen LogP contribution in [-0.2, 0) is 4.79 Å². The highest BCUT2D eigenvalue weighted by atomic mass is 16.1. The van der Waals surface area contributed by atoms with Crippen molar-refractivity contribution in [2.45, 2.75) is 31.6 Å². The van der Waals surface area contributed by atoms with E-state index in [4.69, 9.17) is 4.98 Å². The summed E-state index contributed by atoms with van der Waals surface area (Å²) in [5.74, 6) is 1.16. The number of pyridine rings is 1. The van der Waals surface area contributed by atoms with Gasteiger partial charge in [0.25, 0.3) is 0 Å². The molecule has 2 aromatic carbocycles. The number of anilines is 2. The molecule has 2 atom stereocenters. The molecule has 0 saturated heterocycles. The predicted octanol–water partition coefficient (Wildman–Crippen LogP) is 4.92. The molecular formula is C25H25N3O. The number of carbonyl (C=O) groups excluding carboxylic acids is 1. The molecule has 2 aliphatic rings. The fraction of sp³-hybridized carbons (Fsp3) is 0.280. The molecule has 0 bridgehead atoms. The summed E-state index contributed by atoms with van der Waals surface area (Å²) < 4.78 is 0. The Balaban J connectivity index is 1.69. The third-order valence-corrected chi connectivity index (χ3v) is 6.15. The molecule has 2 aliphatic heterocycles. The molecule has 0 radical (unpaired) electrons. The quantitative estimate of drug-likeness (QED) is 0.698. The fourth-order valence-corrected chi connectivity index (χ4v) is 4.92. The van der Waals surface area contributed by atoms with Gasteiger partial charge in [0.15, 0.2) is 0 Å². The number of hydrogen-bond acceptors (Lipinski definition) is 3. The van der Waals surface area contributed by atoms with Crippen LogP contribution in [0.1, 0.15) is 54.0 Å². The smallest absolute Gasteiger partial charge is 0.222 e. The maximum absolute atomic E-state index is 11.8. The van der Waals surface area contributed by atoms with Crippen molar-refractivity contribution in [2.24, 2.45) is 0 Å². The van der Waals surface area contributed by atoms with Crippen LogP contribution in [0.4, 0.5) is 11.5 Å². The lowest BCUT2D eigenvalue weighted by Crippen LogP contribution is -2.38. The van der Waals surface area contributed by atoms with Gasteiger partial charge in [0.05, 0.1) is 11.4 Å². The predicted molar refractivity (Wildman–Crippen MR) is 117 cm³/mol. The molecule has 3 heterocycles. The number of aromatic nitrogens is 1. The lowest BCUT2D eigenvalue weighted by atomic mass is 9.79. The molecule has 5 rings (SSSR count). The van der Waals surface area contributed by atoms with Gasteiger partial charge in [0.1, 0.15) is 5.82 Å². The van der Waals surface area contributed by atoms with E-state index in [2.05, 4.69) is 76.9 Å². The van der Waals surface area contributed by atoms with Crippen LogP contribution in [0.25, 0.3) is 0 Å². The Kier molecular flexibility index (Phi) is 4.55. The molecule has 0 aliphatic carbocycles. The SMILES string of the molecule is CC(=O)Nc1cc2c3c(n1)[C@@H](c1ccccc1)CCN3CC[C@@H]2c1ccccc1. The van der Waals surface area contributed by atoms with Crippen molar-refractivity contribution in [3.05, 3.63) is 89.1 Å². The number of hydrogen-bond donors (Lipinski definition) is 1. The van der Waals surface area contributed by atoms with Crippen LogP contribution in [0.2, 0.25) is 0 Å². The maximum atomic E-state index is 11.8. The maximum Gasteiger partial charge on any atom is 0.222 e. The molecule has 0 fully saturated rings. The van der Waals surface area contributed by atoms with E-state index in [-0.39, 0.29) is 11.8 Å². The van der Waals surface area contributed by atoms with Crippen molar-refractivity contribution < 1.29 is 4.79 Å². The monoisotopic (exact) mass is 383 g/mol. The molecule has 4 heteroatoms. The Hall–Kier alpha value is -3.14. The lowest BCUT2D eigenvalue weighted by molar-refractivity contribution is -0.114. The summed E-state index contributed by atoms with van der Waals surface area (Å²) in [6, 6.07) is 23.4. The topological polar surface area (TPSA) is 45.2 Å². The third kappa shape index (κ3) is 3.29. The van der Waals surface area contributed by atoms with E-state index in [1.165, 1.54) is 22.4 Å². The Morgan fingerprint density at radius 2 is 1.52 bits per heavy atom. The second-order valence-corrected chi connectivity index (χ2v) is 8.00. The van der Waals surface area contributed by atoms with E-state index in [0.717, 1.165) is 31.6 Å².